The van der Waals surface area contributed by atoms with E-state index in [9.17, 15) is 5.11 Å². The molecule has 0 spiro atoms. The zero-order valence-electron chi connectivity index (χ0n) is 14.4. The second kappa shape index (κ2) is 10.0. The van der Waals surface area contributed by atoms with E-state index >= 15 is 0 Å². The van der Waals surface area contributed by atoms with Gasteiger partial charge in [-0.3, -0.25) is 0 Å². The van der Waals surface area contributed by atoms with Crippen LogP contribution in [-0.4, -0.2) is 19.0 Å². The Balaban J connectivity index is 1.76. The highest BCUT2D eigenvalue weighted by Crippen LogP contribution is 2.17. The number of aryl methyl sites for hydroxylation is 1. The van der Waals surface area contributed by atoms with Gasteiger partial charge in [0.2, 0.25) is 0 Å². The van der Waals surface area contributed by atoms with Gasteiger partial charge >= 0.3 is 0 Å². The van der Waals surface area contributed by atoms with Crippen molar-refractivity contribution in [1.29, 1.82) is 0 Å². The van der Waals surface area contributed by atoms with Crippen LogP contribution in [0.15, 0.2) is 60.7 Å². The molecule has 0 aliphatic rings. The van der Waals surface area contributed by atoms with Crippen molar-refractivity contribution in [3.8, 4) is 0 Å². The van der Waals surface area contributed by atoms with Crippen molar-refractivity contribution >= 4 is 0 Å². The maximum Gasteiger partial charge on any atom is 0.146 e. The molecule has 0 aliphatic carbocycles. The fraction of sp³-hybridized carbons (Fsp3) is 0.333. The summed E-state index contributed by atoms with van der Waals surface area (Å²) in [6, 6.07) is 16.4. The summed E-state index contributed by atoms with van der Waals surface area (Å²) in [6.45, 7) is 2.92. The lowest BCUT2D eigenvalue weighted by atomic mass is 10.0. The van der Waals surface area contributed by atoms with Gasteiger partial charge in [0.15, 0.2) is 0 Å². The Hall–Kier alpha value is -1.94. The Morgan fingerprint density at radius 3 is 2.29 bits per heavy atom. The first-order chi connectivity index (χ1) is 11.7. The molecule has 0 aromatic heterocycles. The predicted octanol–water partition coefficient (Wildman–Crippen LogP) is 4.34. The van der Waals surface area contributed by atoms with Gasteiger partial charge in [-0.2, -0.15) is 0 Å². The molecule has 0 aliphatic heterocycles. The molecular weight excluding hydrogens is 300 g/mol. The minimum atomic E-state index is -0.442. The number of aliphatic hydroxyl groups is 1. The van der Waals surface area contributed by atoms with Crippen molar-refractivity contribution in [2.24, 2.45) is 0 Å². The third kappa shape index (κ3) is 6.28. The highest BCUT2D eigenvalue weighted by molar-refractivity contribution is 5.25. The van der Waals surface area contributed by atoms with Crippen LogP contribution in [-0.2, 0) is 22.5 Å². The minimum absolute atomic E-state index is 0.313. The van der Waals surface area contributed by atoms with Gasteiger partial charge in [-0.1, -0.05) is 66.2 Å². The molecule has 0 radical (unpaired) electrons. The number of hydrogen-bond donors (Lipinski definition) is 1. The third-order valence-corrected chi connectivity index (χ3v) is 3.83. The Kier molecular flexibility index (Phi) is 7.69. The molecule has 1 N–H and O–H groups in total. The average Bonchev–Trinajstić information content (AvgIpc) is 2.60. The summed E-state index contributed by atoms with van der Waals surface area (Å²) in [5.74, 6) is 0. The molecule has 0 saturated heterocycles. The largest absolute Gasteiger partial charge is 0.388 e. The smallest absolute Gasteiger partial charge is 0.146 e. The zero-order valence-corrected chi connectivity index (χ0v) is 14.4. The highest BCUT2D eigenvalue weighted by atomic mass is 16.7. The van der Waals surface area contributed by atoms with Crippen molar-refractivity contribution in [3.63, 3.8) is 0 Å². The van der Waals surface area contributed by atoms with E-state index < -0.39 is 6.10 Å². The van der Waals surface area contributed by atoms with Crippen LogP contribution in [0.2, 0.25) is 0 Å². The Morgan fingerprint density at radius 1 is 0.958 bits per heavy atom. The van der Waals surface area contributed by atoms with Crippen molar-refractivity contribution in [1.82, 2.24) is 0 Å². The molecular formula is C21H26O3. The van der Waals surface area contributed by atoms with Crippen LogP contribution in [0, 0.1) is 6.92 Å². The monoisotopic (exact) mass is 326 g/mol. The van der Waals surface area contributed by atoms with Gasteiger partial charge in [0, 0.05) is 7.11 Å². The first kappa shape index (κ1) is 18.4. The van der Waals surface area contributed by atoms with Crippen molar-refractivity contribution in [2.45, 2.75) is 32.5 Å². The number of methoxy groups -OCH3 is 1. The summed E-state index contributed by atoms with van der Waals surface area (Å²) in [5.41, 5.74) is 4.55. The summed E-state index contributed by atoms with van der Waals surface area (Å²) in [5, 5.41) is 10.2. The van der Waals surface area contributed by atoms with E-state index in [1.54, 1.807) is 7.11 Å². The van der Waals surface area contributed by atoms with Crippen LogP contribution in [0.5, 0.6) is 0 Å². The maximum absolute atomic E-state index is 10.2. The quantitative estimate of drug-likeness (QED) is 0.423. The van der Waals surface area contributed by atoms with Crippen LogP contribution < -0.4 is 0 Å². The molecule has 2 aromatic rings. The van der Waals surface area contributed by atoms with Crippen molar-refractivity contribution < 1.29 is 14.6 Å². The van der Waals surface area contributed by atoms with E-state index in [2.05, 4.69) is 30.3 Å². The fourth-order valence-corrected chi connectivity index (χ4v) is 2.38. The van der Waals surface area contributed by atoms with Gasteiger partial charge < -0.3 is 14.6 Å². The number of aliphatic hydroxyl groups excluding tert-OH is 1. The standard InChI is InChI=1S/C21H26O3/c1-17-7-13-20(14-8-17)21(22)6-4-3-5-18-9-11-19(12-10-18)15-24-16-23-2/h3-4,7-14,21-22H,5-6,15-16H2,1-2H3/b4-3-. The number of allylic oxidation sites excluding steroid dienone is 1. The average molecular weight is 326 g/mol. The second-order valence-corrected chi connectivity index (χ2v) is 5.91. The SMILES string of the molecule is COCOCc1ccc(C/C=C\CC(O)c2ccc(C)cc2)cc1. The van der Waals surface area contributed by atoms with Crippen molar-refractivity contribution in [2.75, 3.05) is 13.9 Å². The molecule has 0 amide bonds. The molecule has 128 valence electrons. The van der Waals surface area contributed by atoms with Crippen LogP contribution in [0.4, 0.5) is 0 Å². The summed E-state index contributed by atoms with van der Waals surface area (Å²) < 4.78 is 10.2. The van der Waals surface area contributed by atoms with Gasteiger partial charge in [0.1, 0.15) is 6.79 Å². The Bertz CT molecular complexity index is 615. The van der Waals surface area contributed by atoms with Gasteiger partial charge in [0.25, 0.3) is 0 Å². The van der Waals surface area contributed by atoms with E-state index in [4.69, 9.17) is 9.47 Å². The molecule has 2 aromatic carbocycles. The van der Waals surface area contributed by atoms with Gasteiger partial charge in [0.05, 0.1) is 12.7 Å². The Labute approximate surface area is 144 Å². The molecule has 1 atom stereocenters. The van der Waals surface area contributed by atoms with Gasteiger partial charge in [-0.05, 0) is 36.5 Å². The van der Waals surface area contributed by atoms with E-state index in [1.165, 1.54) is 11.1 Å². The first-order valence-electron chi connectivity index (χ1n) is 8.23. The summed E-state index contributed by atoms with van der Waals surface area (Å²) in [6.07, 6.45) is 5.20. The van der Waals surface area contributed by atoms with Gasteiger partial charge in [-0.15, -0.1) is 0 Å². The normalized spacial score (nSPS) is 12.6. The zero-order chi connectivity index (χ0) is 17.2. The Morgan fingerprint density at radius 2 is 1.62 bits per heavy atom. The summed E-state index contributed by atoms with van der Waals surface area (Å²) in [7, 11) is 1.62. The van der Waals surface area contributed by atoms with Crippen LogP contribution >= 0.6 is 0 Å². The lowest BCUT2D eigenvalue weighted by Crippen LogP contribution is -1.97. The summed E-state index contributed by atoms with van der Waals surface area (Å²) in [4.78, 5) is 0. The number of rotatable bonds is 9. The topological polar surface area (TPSA) is 38.7 Å². The van der Waals surface area contributed by atoms with Crippen molar-refractivity contribution in [3.05, 3.63) is 82.9 Å². The minimum Gasteiger partial charge on any atom is -0.388 e. The fourth-order valence-electron chi connectivity index (χ4n) is 2.38. The molecule has 24 heavy (non-hydrogen) atoms. The maximum atomic E-state index is 10.2. The molecule has 0 fully saturated rings. The molecule has 0 bridgehead atoms. The number of hydrogen-bond acceptors (Lipinski definition) is 3. The molecule has 0 saturated carbocycles. The van der Waals surface area contributed by atoms with E-state index in [0.717, 1.165) is 17.5 Å². The second-order valence-electron chi connectivity index (χ2n) is 5.91. The molecule has 3 heteroatoms. The first-order valence-corrected chi connectivity index (χ1v) is 8.23. The third-order valence-electron chi connectivity index (χ3n) is 3.83. The lowest BCUT2D eigenvalue weighted by molar-refractivity contribution is -0.0390. The lowest BCUT2D eigenvalue weighted by Gasteiger charge is -2.08. The summed E-state index contributed by atoms with van der Waals surface area (Å²) >= 11 is 0. The molecule has 0 heterocycles. The van der Waals surface area contributed by atoms with E-state index in [-0.39, 0.29) is 0 Å². The molecule has 1 unspecified atom stereocenters. The predicted molar refractivity (Wildman–Crippen MR) is 96.7 cm³/mol. The van der Waals surface area contributed by atoms with E-state index in [0.29, 0.717) is 19.8 Å². The van der Waals surface area contributed by atoms with E-state index in [1.807, 2.05) is 37.3 Å². The highest BCUT2D eigenvalue weighted by Gasteiger charge is 2.04. The van der Waals surface area contributed by atoms with Crippen LogP contribution in [0.1, 0.15) is 34.8 Å². The van der Waals surface area contributed by atoms with Gasteiger partial charge in [-0.25, -0.2) is 0 Å². The molecule has 3 nitrogen and oxygen atoms in total. The number of ether oxygens (including phenoxy) is 2. The molecule has 2 rings (SSSR count). The van der Waals surface area contributed by atoms with Crippen LogP contribution in [0.25, 0.3) is 0 Å². The van der Waals surface area contributed by atoms with Crippen LogP contribution in [0.3, 0.4) is 0 Å². The number of benzene rings is 2.